The second kappa shape index (κ2) is 9.35. The summed E-state index contributed by atoms with van der Waals surface area (Å²) < 4.78 is 6.77. The number of hydrogen-bond donors (Lipinski definition) is 0. The Morgan fingerprint density at radius 2 is 1.54 bits per heavy atom. The summed E-state index contributed by atoms with van der Waals surface area (Å²) in [4.78, 5) is 30.9. The molecule has 0 bridgehead atoms. The smallest absolute Gasteiger partial charge is 0.335 e. The van der Waals surface area contributed by atoms with E-state index >= 15 is 0 Å². The third-order valence-corrected chi connectivity index (χ3v) is 5.89. The molecule has 1 aromatic heterocycles. The van der Waals surface area contributed by atoms with E-state index in [0.29, 0.717) is 22.4 Å². The van der Waals surface area contributed by atoms with Gasteiger partial charge in [0, 0.05) is 11.1 Å². The predicted molar refractivity (Wildman–Crippen MR) is 136 cm³/mol. The molecule has 0 saturated carbocycles. The van der Waals surface area contributed by atoms with Gasteiger partial charge in [0.05, 0.1) is 41.9 Å². The van der Waals surface area contributed by atoms with Crippen LogP contribution in [-0.2, 0) is 9.53 Å². The fourth-order valence-electron chi connectivity index (χ4n) is 4.12. The maximum absolute atomic E-state index is 13.7. The molecule has 5 rings (SSSR count). The molecule has 0 saturated heterocycles. The molecular weight excluding hydrogens is 438 g/mol. The first-order valence-electron chi connectivity index (χ1n) is 11.3. The van der Waals surface area contributed by atoms with Gasteiger partial charge in [-0.3, -0.25) is 9.79 Å². The Kier molecular flexibility index (Phi) is 5.94. The van der Waals surface area contributed by atoms with Crippen LogP contribution in [0.25, 0.3) is 23.0 Å². The molecule has 1 aliphatic heterocycles. The van der Waals surface area contributed by atoms with Crippen molar-refractivity contribution in [1.82, 2.24) is 9.78 Å². The average Bonchev–Trinajstić information content (AvgIpc) is 3.17. The fourth-order valence-corrected chi connectivity index (χ4v) is 4.12. The highest BCUT2D eigenvalue weighted by Crippen LogP contribution is 2.33. The molecule has 0 N–H and O–H groups in total. The Labute approximate surface area is 203 Å². The summed E-state index contributed by atoms with van der Waals surface area (Å²) in [5.74, 6) is -0.730. The van der Waals surface area contributed by atoms with Crippen molar-refractivity contribution in [2.45, 2.75) is 6.92 Å². The summed E-state index contributed by atoms with van der Waals surface area (Å²) in [6.07, 6.45) is 1.67. The number of Topliss-reactive ketones (excluding diaryl/α,β-unsaturated/α-hetero) is 1. The van der Waals surface area contributed by atoms with Crippen LogP contribution in [-0.4, -0.2) is 40.9 Å². The number of aryl methyl sites for hydroxylation is 1. The minimum Gasteiger partial charge on any atom is -0.466 e. The van der Waals surface area contributed by atoms with Gasteiger partial charge in [0.25, 0.3) is 0 Å². The van der Waals surface area contributed by atoms with Crippen LogP contribution >= 0.6 is 0 Å². The molecule has 172 valence electrons. The summed E-state index contributed by atoms with van der Waals surface area (Å²) in [5, 5.41) is 4.87. The van der Waals surface area contributed by atoms with E-state index in [-0.39, 0.29) is 18.0 Å². The Balaban J connectivity index is 1.82. The van der Waals surface area contributed by atoms with E-state index in [2.05, 4.69) is 4.99 Å². The third kappa shape index (κ3) is 4.22. The molecule has 0 spiro atoms. The van der Waals surface area contributed by atoms with E-state index in [4.69, 9.17) is 9.84 Å². The van der Waals surface area contributed by atoms with Gasteiger partial charge in [-0.2, -0.15) is 5.10 Å². The molecule has 0 aliphatic carbocycles. The van der Waals surface area contributed by atoms with Gasteiger partial charge in [-0.25, -0.2) is 9.48 Å². The number of carbonyl (C=O) groups is 2. The van der Waals surface area contributed by atoms with Crippen LogP contribution in [0.3, 0.4) is 0 Å². The van der Waals surface area contributed by atoms with Gasteiger partial charge in [0.15, 0.2) is 0 Å². The molecule has 4 aromatic rings. The number of aliphatic imine (C=N–C) groups is 1. The van der Waals surface area contributed by atoms with Crippen LogP contribution in [0.5, 0.6) is 0 Å². The Hall–Kier alpha value is -4.58. The van der Waals surface area contributed by atoms with Gasteiger partial charge in [-0.05, 0) is 25.1 Å². The number of para-hydroxylation sites is 1. The van der Waals surface area contributed by atoms with Gasteiger partial charge in [-0.15, -0.1) is 0 Å². The standard InChI is InChI=1S/C29H23N3O3/c1-19-13-15-20(16-14-19)27-25-24(31-32(27)23-11-7-4-8-12-23)17-22(29(34)35-2)18-30-26(25)28(33)21-9-5-3-6-10-21/h3-17H,18H2,1-2H3. The van der Waals surface area contributed by atoms with E-state index < -0.39 is 5.97 Å². The highest BCUT2D eigenvalue weighted by molar-refractivity contribution is 6.53. The van der Waals surface area contributed by atoms with Crippen molar-refractivity contribution in [2.75, 3.05) is 13.7 Å². The molecule has 0 atom stereocenters. The van der Waals surface area contributed by atoms with Gasteiger partial charge in [0.2, 0.25) is 5.78 Å². The summed E-state index contributed by atoms with van der Waals surface area (Å²) in [6.45, 7) is 2.05. The van der Waals surface area contributed by atoms with Crippen LogP contribution in [0.15, 0.2) is 95.5 Å². The summed E-state index contributed by atoms with van der Waals surface area (Å²) in [6, 6.07) is 26.8. The highest BCUT2D eigenvalue weighted by atomic mass is 16.5. The normalized spacial score (nSPS) is 12.7. The zero-order valence-electron chi connectivity index (χ0n) is 19.4. The SMILES string of the molecule is COC(=O)C1=Cc2nn(-c3ccccc3)c(-c3ccc(C)cc3)c2C(C(=O)c2ccccc2)=NC1. The third-order valence-electron chi connectivity index (χ3n) is 5.89. The minimum absolute atomic E-state index is 0.0234. The monoisotopic (exact) mass is 461 g/mol. The van der Waals surface area contributed by atoms with Gasteiger partial charge >= 0.3 is 5.97 Å². The highest BCUT2D eigenvalue weighted by Gasteiger charge is 2.30. The molecule has 1 aliphatic rings. The first kappa shape index (κ1) is 22.2. The number of carbonyl (C=O) groups excluding carboxylic acids is 2. The maximum Gasteiger partial charge on any atom is 0.335 e. The summed E-state index contributed by atoms with van der Waals surface area (Å²) >= 11 is 0. The van der Waals surface area contributed by atoms with Crippen molar-refractivity contribution in [3.05, 3.63) is 113 Å². The minimum atomic E-state index is -0.501. The van der Waals surface area contributed by atoms with Crippen LogP contribution in [0.4, 0.5) is 0 Å². The molecule has 0 fully saturated rings. The quantitative estimate of drug-likeness (QED) is 0.307. The molecular formula is C29H23N3O3. The van der Waals surface area contributed by atoms with Gasteiger partial charge in [0.1, 0.15) is 5.71 Å². The van der Waals surface area contributed by atoms with Crippen LogP contribution in [0.1, 0.15) is 27.2 Å². The number of rotatable bonds is 5. The van der Waals surface area contributed by atoms with E-state index in [1.165, 1.54) is 7.11 Å². The number of nitrogens with zero attached hydrogens (tertiary/aromatic N) is 3. The Morgan fingerprint density at radius 3 is 2.20 bits per heavy atom. The van der Waals surface area contributed by atoms with Crippen molar-refractivity contribution in [3.8, 4) is 16.9 Å². The zero-order chi connectivity index (χ0) is 24.4. The van der Waals surface area contributed by atoms with E-state index in [1.807, 2.05) is 79.7 Å². The van der Waals surface area contributed by atoms with Crippen molar-refractivity contribution >= 4 is 23.5 Å². The number of aromatic nitrogens is 2. The van der Waals surface area contributed by atoms with Crippen LogP contribution in [0.2, 0.25) is 0 Å². The molecule has 0 amide bonds. The predicted octanol–water partition coefficient (Wildman–Crippen LogP) is 5.09. The number of methoxy groups -OCH3 is 1. The molecule has 3 aromatic carbocycles. The number of esters is 1. The van der Waals surface area contributed by atoms with Crippen LogP contribution in [0, 0.1) is 6.92 Å². The fraction of sp³-hybridized carbons (Fsp3) is 0.103. The van der Waals surface area contributed by atoms with E-state index in [9.17, 15) is 9.59 Å². The van der Waals surface area contributed by atoms with Gasteiger partial charge < -0.3 is 4.74 Å². The Morgan fingerprint density at radius 1 is 0.886 bits per heavy atom. The lowest BCUT2D eigenvalue weighted by Gasteiger charge is -2.12. The first-order valence-corrected chi connectivity index (χ1v) is 11.3. The molecule has 6 nitrogen and oxygen atoms in total. The molecule has 2 heterocycles. The van der Waals surface area contributed by atoms with Crippen molar-refractivity contribution in [3.63, 3.8) is 0 Å². The summed E-state index contributed by atoms with van der Waals surface area (Å²) in [5.41, 5.74) is 5.76. The topological polar surface area (TPSA) is 73.5 Å². The van der Waals surface area contributed by atoms with E-state index in [1.54, 1.807) is 22.9 Å². The zero-order valence-corrected chi connectivity index (χ0v) is 19.4. The second-order valence-electron chi connectivity index (χ2n) is 8.24. The number of fused-ring (bicyclic) bond motifs is 1. The van der Waals surface area contributed by atoms with E-state index in [0.717, 1.165) is 22.5 Å². The number of hydrogen-bond acceptors (Lipinski definition) is 5. The summed E-state index contributed by atoms with van der Waals surface area (Å²) in [7, 11) is 1.33. The molecule has 0 radical (unpaired) electrons. The number of benzene rings is 3. The Bertz CT molecular complexity index is 1470. The van der Waals surface area contributed by atoms with Gasteiger partial charge in [-0.1, -0.05) is 78.4 Å². The second-order valence-corrected chi connectivity index (χ2v) is 8.24. The van der Waals surface area contributed by atoms with Crippen molar-refractivity contribution in [2.24, 2.45) is 4.99 Å². The van der Waals surface area contributed by atoms with Crippen LogP contribution < -0.4 is 0 Å². The molecule has 6 heteroatoms. The lowest BCUT2D eigenvalue weighted by atomic mass is 9.95. The maximum atomic E-state index is 13.7. The lowest BCUT2D eigenvalue weighted by Crippen LogP contribution is -2.18. The van der Waals surface area contributed by atoms with Crippen molar-refractivity contribution in [1.29, 1.82) is 0 Å². The first-order chi connectivity index (χ1) is 17.1. The lowest BCUT2D eigenvalue weighted by molar-refractivity contribution is -0.136. The largest absolute Gasteiger partial charge is 0.466 e. The van der Waals surface area contributed by atoms with Crippen molar-refractivity contribution < 1.29 is 14.3 Å². The number of ether oxygens (including phenoxy) is 1. The molecule has 35 heavy (non-hydrogen) atoms. The number of ketones is 1. The average molecular weight is 462 g/mol. The molecule has 0 unspecified atom stereocenters.